The molecule has 0 saturated carbocycles. The smallest absolute Gasteiger partial charge is 0.182 e. The van der Waals surface area contributed by atoms with Crippen molar-refractivity contribution in [2.45, 2.75) is 31.8 Å². The summed E-state index contributed by atoms with van der Waals surface area (Å²) in [6.07, 6.45) is 17.0. The van der Waals surface area contributed by atoms with Gasteiger partial charge in [-0.05, 0) is 42.4 Å². The Hall–Kier alpha value is -3.60. The second-order valence-corrected chi connectivity index (χ2v) is 8.14. The van der Waals surface area contributed by atoms with Crippen molar-refractivity contribution in [1.82, 2.24) is 19.3 Å². The maximum absolute atomic E-state index is 12.0. The minimum absolute atomic E-state index is 0.0533. The van der Waals surface area contributed by atoms with Gasteiger partial charge in [0.1, 0.15) is 0 Å². The van der Waals surface area contributed by atoms with E-state index in [0.717, 1.165) is 36.9 Å². The third-order valence-electron chi connectivity index (χ3n) is 6.09. The van der Waals surface area contributed by atoms with Crippen LogP contribution in [0.3, 0.4) is 0 Å². The number of rotatable bonds is 6. The molecule has 2 heterocycles. The van der Waals surface area contributed by atoms with E-state index in [0.29, 0.717) is 5.92 Å². The summed E-state index contributed by atoms with van der Waals surface area (Å²) in [7, 11) is 0. The van der Waals surface area contributed by atoms with Crippen molar-refractivity contribution >= 4 is 0 Å². The maximum atomic E-state index is 12.0. The second kappa shape index (κ2) is 8.64. The van der Waals surface area contributed by atoms with Crippen molar-refractivity contribution in [2.75, 3.05) is 0 Å². The monoisotopic (exact) mass is 409 g/mol. The molecule has 155 valence electrons. The Kier molecular flexibility index (Phi) is 5.40. The molecule has 1 radical (unpaired) electrons. The van der Waals surface area contributed by atoms with Crippen LogP contribution in [0.4, 0.5) is 0 Å². The first kappa shape index (κ1) is 19.4. The summed E-state index contributed by atoms with van der Waals surface area (Å²) in [4.78, 5) is 4.23. The zero-order chi connectivity index (χ0) is 21.0. The number of nitrogens with zero attached hydrogens (tertiary/aromatic N) is 4. The Bertz CT molecular complexity index is 1160. The van der Waals surface area contributed by atoms with Gasteiger partial charge in [-0.2, -0.15) is 5.10 Å². The van der Waals surface area contributed by atoms with Crippen LogP contribution in [0.5, 0.6) is 5.75 Å². The minimum atomic E-state index is 0.0533. The predicted octanol–water partition coefficient (Wildman–Crippen LogP) is 5.22. The molecular weight excluding hydrogens is 384 g/mol. The van der Waals surface area contributed by atoms with Gasteiger partial charge in [-0.25, -0.2) is 4.98 Å². The van der Waals surface area contributed by atoms with Crippen LogP contribution in [0, 0.1) is 5.92 Å². The first-order chi connectivity index (χ1) is 15.3. The summed E-state index contributed by atoms with van der Waals surface area (Å²) in [5.74, 6) is 0.669. The molecule has 5 nitrogen and oxygen atoms in total. The lowest BCUT2D eigenvalue weighted by Gasteiger charge is -2.22. The summed E-state index contributed by atoms with van der Waals surface area (Å²) in [6.45, 7) is 0.733. The molecule has 2 atom stereocenters. The number of hydrogen-bond acceptors (Lipinski definition) is 2. The van der Waals surface area contributed by atoms with Crippen molar-refractivity contribution in [2.24, 2.45) is 5.92 Å². The first-order valence-corrected chi connectivity index (χ1v) is 10.8. The fraction of sp³-hybridized carbons (Fsp3) is 0.231. The molecule has 2 aromatic heterocycles. The van der Waals surface area contributed by atoms with E-state index in [-0.39, 0.29) is 11.8 Å². The summed E-state index contributed by atoms with van der Waals surface area (Å²) < 4.78 is 4.08. The Morgan fingerprint density at radius 2 is 2.00 bits per heavy atom. The molecule has 0 saturated heterocycles. The van der Waals surface area contributed by atoms with Gasteiger partial charge in [-0.3, -0.25) is 9.79 Å². The van der Waals surface area contributed by atoms with E-state index in [1.807, 2.05) is 35.5 Å². The summed E-state index contributed by atoms with van der Waals surface area (Å²) in [6, 6.07) is 16.1. The molecule has 2 unspecified atom stereocenters. The molecule has 5 heteroatoms. The molecule has 31 heavy (non-hydrogen) atoms. The van der Waals surface area contributed by atoms with Crippen LogP contribution in [-0.4, -0.2) is 19.3 Å². The van der Waals surface area contributed by atoms with E-state index >= 15 is 0 Å². The molecule has 0 spiro atoms. The zero-order valence-electron chi connectivity index (χ0n) is 17.3. The van der Waals surface area contributed by atoms with Crippen molar-refractivity contribution in [3.05, 3.63) is 114 Å². The lowest BCUT2D eigenvalue weighted by atomic mass is 9.83. The van der Waals surface area contributed by atoms with E-state index in [1.165, 1.54) is 11.1 Å². The van der Waals surface area contributed by atoms with Crippen LogP contribution in [0.15, 0.2) is 91.8 Å². The maximum Gasteiger partial charge on any atom is 0.182 e. The quantitative estimate of drug-likeness (QED) is 0.410. The van der Waals surface area contributed by atoms with E-state index in [4.69, 9.17) is 0 Å². The molecule has 0 aliphatic heterocycles. The molecule has 0 N–H and O–H groups in total. The largest absolute Gasteiger partial charge is 0.326 e. The van der Waals surface area contributed by atoms with Gasteiger partial charge in [-0.1, -0.05) is 54.6 Å². The van der Waals surface area contributed by atoms with Crippen LogP contribution < -0.4 is 0 Å². The van der Waals surface area contributed by atoms with Crippen LogP contribution >= 0.6 is 0 Å². The van der Waals surface area contributed by atoms with Crippen molar-refractivity contribution in [3.8, 4) is 5.75 Å². The Balaban J connectivity index is 1.28. The van der Waals surface area contributed by atoms with Crippen LogP contribution in [0.25, 0.3) is 0 Å². The van der Waals surface area contributed by atoms with E-state index < -0.39 is 0 Å². The molecule has 1 aliphatic rings. The SMILES string of the molecule is [O]c1cccc2c1CCC(/C=C/Cn1cc(C(c3ccccc3)n3ccnc3)cn1)C2. The molecule has 4 aromatic rings. The highest BCUT2D eigenvalue weighted by atomic mass is 16.3. The van der Waals surface area contributed by atoms with Gasteiger partial charge >= 0.3 is 0 Å². The van der Waals surface area contributed by atoms with E-state index in [1.54, 1.807) is 12.3 Å². The fourth-order valence-electron chi connectivity index (χ4n) is 4.54. The number of imidazole rings is 1. The first-order valence-electron chi connectivity index (χ1n) is 10.8. The van der Waals surface area contributed by atoms with Crippen molar-refractivity contribution in [1.29, 1.82) is 0 Å². The van der Waals surface area contributed by atoms with Gasteiger partial charge in [-0.15, -0.1) is 0 Å². The van der Waals surface area contributed by atoms with Crippen molar-refractivity contribution < 1.29 is 5.11 Å². The zero-order valence-corrected chi connectivity index (χ0v) is 17.3. The Labute approximate surface area is 182 Å². The van der Waals surface area contributed by atoms with Crippen LogP contribution in [0.2, 0.25) is 0 Å². The topological polar surface area (TPSA) is 55.5 Å². The second-order valence-electron chi connectivity index (χ2n) is 8.14. The number of fused-ring (bicyclic) bond motifs is 1. The van der Waals surface area contributed by atoms with Crippen LogP contribution in [0.1, 0.15) is 34.7 Å². The Morgan fingerprint density at radius 1 is 1.10 bits per heavy atom. The van der Waals surface area contributed by atoms with E-state index in [9.17, 15) is 5.11 Å². The fourth-order valence-corrected chi connectivity index (χ4v) is 4.54. The average Bonchev–Trinajstić information content (AvgIpc) is 3.48. The standard InChI is InChI=1S/C26H25N4O/c31-25-10-4-9-22-16-20(11-12-24(22)25)6-5-14-30-18-23(17-28-30)26(29-15-13-27-19-29)21-7-2-1-3-8-21/h1-10,13,15,17-20,26H,11-12,14,16H2/b6-5+. The highest BCUT2D eigenvalue weighted by Gasteiger charge is 2.20. The average molecular weight is 410 g/mol. The van der Waals surface area contributed by atoms with E-state index in [2.05, 4.69) is 63.3 Å². The summed E-state index contributed by atoms with van der Waals surface area (Å²) in [5, 5.41) is 16.6. The normalized spacial score (nSPS) is 17.0. The number of allylic oxidation sites excluding steroid dienone is 2. The van der Waals surface area contributed by atoms with Gasteiger partial charge in [0.25, 0.3) is 0 Å². The highest BCUT2D eigenvalue weighted by molar-refractivity contribution is 5.41. The molecule has 1 aliphatic carbocycles. The molecule has 0 fully saturated rings. The van der Waals surface area contributed by atoms with Gasteiger partial charge < -0.3 is 4.57 Å². The molecule has 2 aromatic carbocycles. The lowest BCUT2D eigenvalue weighted by Crippen LogP contribution is -2.12. The van der Waals surface area contributed by atoms with Gasteiger partial charge in [0, 0.05) is 29.7 Å². The number of hydrogen-bond donors (Lipinski definition) is 0. The van der Waals surface area contributed by atoms with Gasteiger partial charge in [0.05, 0.1) is 25.1 Å². The summed E-state index contributed by atoms with van der Waals surface area (Å²) in [5.41, 5.74) is 4.55. The summed E-state index contributed by atoms with van der Waals surface area (Å²) >= 11 is 0. The molecule has 0 amide bonds. The number of aromatic nitrogens is 4. The predicted molar refractivity (Wildman–Crippen MR) is 119 cm³/mol. The highest BCUT2D eigenvalue weighted by Crippen LogP contribution is 2.32. The van der Waals surface area contributed by atoms with Crippen molar-refractivity contribution in [3.63, 3.8) is 0 Å². The molecule has 5 rings (SSSR count). The number of benzene rings is 2. The third-order valence-corrected chi connectivity index (χ3v) is 6.09. The van der Waals surface area contributed by atoms with Gasteiger partial charge in [0.15, 0.2) is 5.75 Å². The molecule has 0 bridgehead atoms. The van der Waals surface area contributed by atoms with Gasteiger partial charge in [0.2, 0.25) is 0 Å². The Morgan fingerprint density at radius 3 is 2.84 bits per heavy atom. The lowest BCUT2D eigenvalue weighted by molar-refractivity contribution is 0.345. The third kappa shape index (κ3) is 4.17. The van der Waals surface area contributed by atoms with Crippen LogP contribution in [-0.2, 0) is 24.5 Å². The minimum Gasteiger partial charge on any atom is -0.326 e. The molecular formula is C26H25N4O.